The van der Waals surface area contributed by atoms with E-state index in [9.17, 15) is 5.11 Å². The first kappa shape index (κ1) is 13.5. The highest BCUT2D eigenvalue weighted by Crippen LogP contribution is 2.33. The second kappa shape index (κ2) is 5.46. The Morgan fingerprint density at radius 3 is 2.90 bits per heavy atom. The Morgan fingerprint density at radius 2 is 2.25 bits per heavy atom. The topological polar surface area (TPSA) is 68.4 Å². The summed E-state index contributed by atoms with van der Waals surface area (Å²) in [6.07, 6.45) is -0.397. The van der Waals surface area contributed by atoms with E-state index in [-0.39, 0.29) is 5.92 Å². The number of rotatable bonds is 3. The van der Waals surface area contributed by atoms with Crippen LogP contribution in [0.5, 0.6) is 5.75 Å². The highest BCUT2D eigenvalue weighted by molar-refractivity contribution is 7.99. The van der Waals surface area contributed by atoms with Gasteiger partial charge in [0.2, 0.25) is 11.7 Å². The Bertz CT molecular complexity index is 614. The lowest BCUT2D eigenvalue weighted by molar-refractivity contribution is 0.164. The summed E-state index contributed by atoms with van der Waals surface area (Å²) in [5.74, 6) is 3.40. The number of aliphatic hydroxyl groups is 1. The Balaban J connectivity index is 1.88. The summed E-state index contributed by atoms with van der Waals surface area (Å²) in [5.41, 5.74) is 1.91. The third-order valence-corrected chi connectivity index (χ3v) is 4.63. The van der Waals surface area contributed by atoms with Crippen molar-refractivity contribution in [2.75, 3.05) is 18.6 Å². The molecule has 1 saturated heterocycles. The van der Waals surface area contributed by atoms with Gasteiger partial charge in [-0.25, -0.2) is 0 Å². The zero-order valence-corrected chi connectivity index (χ0v) is 12.2. The number of hydrogen-bond donors (Lipinski definition) is 1. The average Bonchev–Trinajstić information content (AvgIpc) is 3.07. The third-order valence-electron chi connectivity index (χ3n) is 3.46. The van der Waals surface area contributed by atoms with Crippen LogP contribution in [0.4, 0.5) is 0 Å². The molecule has 1 fully saturated rings. The molecule has 0 amide bonds. The van der Waals surface area contributed by atoms with Crippen molar-refractivity contribution in [1.82, 2.24) is 10.1 Å². The van der Waals surface area contributed by atoms with E-state index in [2.05, 4.69) is 10.1 Å². The van der Waals surface area contributed by atoms with Crippen molar-refractivity contribution in [2.24, 2.45) is 0 Å². The van der Waals surface area contributed by atoms with E-state index in [0.29, 0.717) is 11.7 Å². The Morgan fingerprint density at radius 1 is 1.40 bits per heavy atom. The largest absolute Gasteiger partial charge is 0.496 e. The minimum Gasteiger partial charge on any atom is -0.496 e. The highest BCUT2D eigenvalue weighted by atomic mass is 32.2. The zero-order chi connectivity index (χ0) is 14.1. The molecule has 0 radical (unpaired) electrons. The van der Waals surface area contributed by atoms with Gasteiger partial charge in [0, 0.05) is 17.1 Å². The summed E-state index contributed by atoms with van der Waals surface area (Å²) >= 11 is 1.70. The maximum absolute atomic E-state index is 9.87. The van der Waals surface area contributed by atoms with Gasteiger partial charge >= 0.3 is 0 Å². The number of thioether (sulfide) groups is 1. The van der Waals surface area contributed by atoms with Crippen LogP contribution < -0.4 is 4.74 Å². The van der Waals surface area contributed by atoms with E-state index in [0.717, 1.165) is 28.4 Å². The molecule has 5 nitrogen and oxygen atoms in total. The van der Waals surface area contributed by atoms with Crippen molar-refractivity contribution in [3.63, 3.8) is 0 Å². The van der Waals surface area contributed by atoms with Crippen LogP contribution in [-0.4, -0.2) is 40.0 Å². The molecule has 20 heavy (non-hydrogen) atoms. The second-order valence-corrected chi connectivity index (χ2v) is 5.93. The van der Waals surface area contributed by atoms with Crippen LogP contribution in [0.25, 0.3) is 11.4 Å². The Hall–Kier alpha value is -1.53. The summed E-state index contributed by atoms with van der Waals surface area (Å²) in [6, 6.07) is 5.76. The number of aliphatic hydroxyl groups excluding tert-OH is 1. The molecular weight excluding hydrogens is 276 g/mol. The standard InChI is InChI=1S/C14H16N2O3S/c1-8-5-9(3-4-12(8)18-2)13-15-14(19-16-13)10-6-20-7-11(10)17/h3-5,10-11,17H,6-7H2,1-2H3. The van der Waals surface area contributed by atoms with Crippen molar-refractivity contribution >= 4 is 11.8 Å². The number of aryl methyl sites for hydroxylation is 1. The van der Waals surface area contributed by atoms with Crippen LogP contribution in [0.3, 0.4) is 0 Å². The molecule has 2 atom stereocenters. The predicted octanol–water partition coefficient (Wildman–Crippen LogP) is 2.24. The van der Waals surface area contributed by atoms with Crippen LogP contribution in [0, 0.1) is 6.92 Å². The van der Waals surface area contributed by atoms with Crippen molar-refractivity contribution in [1.29, 1.82) is 0 Å². The highest BCUT2D eigenvalue weighted by Gasteiger charge is 2.32. The normalized spacial score (nSPS) is 22.1. The fourth-order valence-corrected chi connectivity index (χ4v) is 3.53. The van der Waals surface area contributed by atoms with Gasteiger partial charge in [-0.15, -0.1) is 0 Å². The van der Waals surface area contributed by atoms with Gasteiger partial charge in [0.05, 0.1) is 19.1 Å². The number of nitrogens with zero attached hydrogens (tertiary/aromatic N) is 2. The van der Waals surface area contributed by atoms with Crippen LogP contribution in [-0.2, 0) is 0 Å². The van der Waals surface area contributed by atoms with Crippen molar-refractivity contribution in [3.05, 3.63) is 29.7 Å². The van der Waals surface area contributed by atoms with Gasteiger partial charge in [0.25, 0.3) is 0 Å². The minimum atomic E-state index is -0.397. The van der Waals surface area contributed by atoms with Gasteiger partial charge in [0.1, 0.15) is 5.75 Å². The molecule has 0 aliphatic carbocycles. The molecule has 1 aliphatic heterocycles. The first-order valence-electron chi connectivity index (χ1n) is 6.43. The molecule has 106 valence electrons. The molecule has 0 bridgehead atoms. The van der Waals surface area contributed by atoms with E-state index >= 15 is 0 Å². The van der Waals surface area contributed by atoms with Gasteiger partial charge in [-0.3, -0.25) is 0 Å². The van der Waals surface area contributed by atoms with E-state index < -0.39 is 6.10 Å². The van der Waals surface area contributed by atoms with Gasteiger partial charge in [-0.1, -0.05) is 5.16 Å². The molecule has 2 unspecified atom stereocenters. The molecule has 6 heteroatoms. The van der Waals surface area contributed by atoms with Crippen molar-refractivity contribution in [3.8, 4) is 17.1 Å². The van der Waals surface area contributed by atoms with Gasteiger partial charge in [-0.2, -0.15) is 16.7 Å². The number of ether oxygens (including phenoxy) is 1. The quantitative estimate of drug-likeness (QED) is 0.935. The van der Waals surface area contributed by atoms with Crippen LogP contribution in [0.2, 0.25) is 0 Å². The van der Waals surface area contributed by atoms with E-state index in [1.807, 2.05) is 25.1 Å². The number of aromatic nitrogens is 2. The number of benzene rings is 1. The molecule has 0 saturated carbocycles. The monoisotopic (exact) mass is 292 g/mol. The molecule has 3 rings (SSSR count). The van der Waals surface area contributed by atoms with Gasteiger partial charge in [-0.05, 0) is 30.7 Å². The summed E-state index contributed by atoms with van der Waals surface area (Å²) in [5, 5.41) is 13.9. The lowest BCUT2D eigenvalue weighted by atomic mass is 10.1. The molecule has 0 spiro atoms. The van der Waals surface area contributed by atoms with E-state index in [1.165, 1.54) is 0 Å². The number of methoxy groups -OCH3 is 1. The van der Waals surface area contributed by atoms with Crippen LogP contribution in [0.1, 0.15) is 17.4 Å². The van der Waals surface area contributed by atoms with E-state index in [4.69, 9.17) is 9.26 Å². The zero-order valence-electron chi connectivity index (χ0n) is 11.4. The predicted molar refractivity (Wildman–Crippen MR) is 77.1 cm³/mol. The van der Waals surface area contributed by atoms with Crippen molar-refractivity contribution < 1.29 is 14.4 Å². The van der Waals surface area contributed by atoms with Crippen LogP contribution in [0.15, 0.2) is 22.7 Å². The Labute approximate surface area is 121 Å². The summed E-state index contributed by atoms with van der Waals surface area (Å²) in [4.78, 5) is 4.42. The summed E-state index contributed by atoms with van der Waals surface area (Å²) in [6.45, 7) is 1.97. The first-order valence-corrected chi connectivity index (χ1v) is 7.59. The third kappa shape index (κ3) is 2.41. The lowest BCUT2D eigenvalue weighted by Crippen LogP contribution is -2.15. The number of hydrogen-bond acceptors (Lipinski definition) is 6. The van der Waals surface area contributed by atoms with Crippen molar-refractivity contribution in [2.45, 2.75) is 18.9 Å². The molecule has 1 N–H and O–H groups in total. The fourth-order valence-electron chi connectivity index (χ4n) is 2.30. The SMILES string of the molecule is COc1ccc(-c2noc(C3CSCC3O)n2)cc1C. The smallest absolute Gasteiger partial charge is 0.233 e. The fraction of sp³-hybridized carbons (Fsp3) is 0.429. The second-order valence-electron chi connectivity index (χ2n) is 4.85. The molecule has 1 aromatic carbocycles. The lowest BCUT2D eigenvalue weighted by Gasteiger charge is -2.06. The Kier molecular flexibility index (Phi) is 3.67. The molecule has 1 aliphatic rings. The summed E-state index contributed by atoms with van der Waals surface area (Å²) in [7, 11) is 1.65. The maximum Gasteiger partial charge on any atom is 0.233 e. The minimum absolute atomic E-state index is 0.0550. The summed E-state index contributed by atoms with van der Waals surface area (Å²) < 4.78 is 10.5. The molecule has 2 heterocycles. The van der Waals surface area contributed by atoms with Crippen LogP contribution >= 0.6 is 11.8 Å². The molecular formula is C14H16N2O3S. The molecule has 2 aromatic rings. The van der Waals surface area contributed by atoms with E-state index in [1.54, 1.807) is 18.9 Å². The first-order chi connectivity index (χ1) is 9.69. The van der Waals surface area contributed by atoms with Gasteiger partial charge < -0.3 is 14.4 Å². The average molecular weight is 292 g/mol. The van der Waals surface area contributed by atoms with Gasteiger partial charge in [0.15, 0.2) is 0 Å². The maximum atomic E-state index is 9.87. The molecule has 1 aromatic heterocycles.